The highest BCUT2D eigenvalue weighted by Crippen LogP contribution is 2.56. The van der Waals surface area contributed by atoms with Crippen LogP contribution in [0.25, 0.3) is 0 Å². The molecule has 4 unspecified atom stereocenters. The third kappa shape index (κ3) is 6.27. The molecular weight excluding hydrogens is 609 g/mol. The summed E-state index contributed by atoms with van der Waals surface area (Å²) in [7, 11) is 1.36. The van der Waals surface area contributed by atoms with E-state index in [2.05, 4.69) is 17.9 Å². The number of carbonyl (C=O) groups is 1. The van der Waals surface area contributed by atoms with Crippen molar-refractivity contribution < 1.29 is 28.5 Å². The number of aliphatic hydroxyl groups is 1. The molecule has 44 heavy (non-hydrogen) atoms. The van der Waals surface area contributed by atoms with Crippen molar-refractivity contribution >= 4 is 29.2 Å². The highest BCUT2D eigenvalue weighted by atomic mass is 35.5. The molecule has 4 atom stereocenters. The van der Waals surface area contributed by atoms with Crippen LogP contribution in [0.1, 0.15) is 60.2 Å². The van der Waals surface area contributed by atoms with Gasteiger partial charge in [-0.1, -0.05) is 74.0 Å². The fraction of sp³-hybridized carbons (Fsp3) is 0.353. The second-order valence-corrected chi connectivity index (χ2v) is 12.8. The molecule has 230 valence electrons. The molecular formula is C34H32Cl2F2N2O4. The molecule has 3 aromatic rings. The van der Waals surface area contributed by atoms with Crippen LogP contribution in [0.3, 0.4) is 0 Å². The summed E-state index contributed by atoms with van der Waals surface area (Å²) in [5.41, 5.74) is -1.50. The molecule has 1 heterocycles. The number of nitriles is 1. The van der Waals surface area contributed by atoms with Gasteiger partial charge in [-0.15, -0.1) is 0 Å². The predicted octanol–water partition coefficient (Wildman–Crippen LogP) is 7.06. The van der Waals surface area contributed by atoms with Crippen LogP contribution in [0.2, 0.25) is 10.0 Å². The van der Waals surface area contributed by atoms with E-state index in [9.17, 15) is 20.3 Å². The second kappa shape index (κ2) is 13.1. The van der Waals surface area contributed by atoms with Gasteiger partial charge >= 0.3 is 5.97 Å². The monoisotopic (exact) mass is 640 g/mol. The van der Waals surface area contributed by atoms with Crippen LogP contribution >= 0.6 is 23.2 Å². The molecule has 1 aliphatic rings. The van der Waals surface area contributed by atoms with Gasteiger partial charge in [-0.2, -0.15) is 5.26 Å². The fourth-order valence-corrected chi connectivity index (χ4v) is 6.60. The molecule has 0 amide bonds. The maximum atomic E-state index is 15.9. The van der Waals surface area contributed by atoms with E-state index < -0.39 is 47.6 Å². The first kappa shape index (κ1) is 33.2. The minimum Gasteiger partial charge on any atom is -0.496 e. The van der Waals surface area contributed by atoms with Crippen LogP contribution in [0.5, 0.6) is 5.75 Å². The fourth-order valence-electron chi connectivity index (χ4n) is 6.26. The predicted molar refractivity (Wildman–Crippen MR) is 165 cm³/mol. The molecule has 4 rings (SSSR count). The van der Waals surface area contributed by atoms with Crippen LogP contribution in [0, 0.1) is 40.2 Å². The third-order valence-electron chi connectivity index (χ3n) is 8.02. The number of hydrogen-bond donors (Lipinski definition) is 2. The maximum Gasteiger partial charge on any atom is 0.339 e. The molecule has 1 saturated heterocycles. The SMILES string of the molecule is COc1cc(C#CCN2C(CO)C(c3cccc(Cl)c3F)C(C#N)(c3ccc(Cl)cc3F)C2CC(C)(C)C)ccc1C(=O)O. The Morgan fingerprint density at radius 2 is 1.86 bits per heavy atom. The highest BCUT2D eigenvalue weighted by molar-refractivity contribution is 6.31. The lowest BCUT2D eigenvalue weighted by Crippen LogP contribution is -2.46. The van der Waals surface area contributed by atoms with Gasteiger partial charge in [-0.05, 0) is 53.8 Å². The van der Waals surface area contributed by atoms with E-state index >= 15 is 8.78 Å². The van der Waals surface area contributed by atoms with Gasteiger partial charge in [0.15, 0.2) is 0 Å². The van der Waals surface area contributed by atoms with Crippen LogP contribution in [0.15, 0.2) is 54.6 Å². The van der Waals surface area contributed by atoms with E-state index in [0.717, 1.165) is 6.07 Å². The Morgan fingerprint density at radius 1 is 1.14 bits per heavy atom. The van der Waals surface area contributed by atoms with Crippen molar-refractivity contribution in [1.29, 1.82) is 5.26 Å². The lowest BCUT2D eigenvalue weighted by Gasteiger charge is -2.39. The lowest BCUT2D eigenvalue weighted by atomic mass is 9.62. The Hall–Kier alpha value is -3.66. The summed E-state index contributed by atoms with van der Waals surface area (Å²) in [4.78, 5) is 13.3. The Morgan fingerprint density at radius 3 is 2.45 bits per heavy atom. The van der Waals surface area contributed by atoms with Crippen molar-refractivity contribution in [2.24, 2.45) is 5.41 Å². The van der Waals surface area contributed by atoms with Crippen LogP contribution in [0.4, 0.5) is 8.78 Å². The molecule has 0 saturated carbocycles. The van der Waals surface area contributed by atoms with Gasteiger partial charge in [0.05, 0.1) is 31.4 Å². The first-order valence-electron chi connectivity index (χ1n) is 13.9. The van der Waals surface area contributed by atoms with Crippen molar-refractivity contribution in [3.63, 3.8) is 0 Å². The van der Waals surface area contributed by atoms with Crippen molar-refractivity contribution in [1.82, 2.24) is 4.90 Å². The molecule has 0 spiro atoms. The molecule has 6 nitrogen and oxygen atoms in total. The second-order valence-electron chi connectivity index (χ2n) is 12.0. The summed E-state index contributed by atoms with van der Waals surface area (Å²) >= 11 is 12.3. The van der Waals surface area contributed by atoms with Gasteiger partial charge in [0, 0.05) is 34.2 Å². The number of likely N-dealkylation sites (tertiary alicyclic amines) is 1. The van der Waals surface area contributed by atoms with Gasteiger partial charge < -0.3 is 14.9 Å². The number of aromatic carboxylic acids is 1. The van der Waals surface area contributed by atoms with Gasteiger partial charge in [-0.3, -0.25) is 4.90 Å². The normalized spacial score (nSPS) is 21.8. The zero-order valence-electron chi connectivity index (χ0n) is 24.7. The minimum absolute atomic E-state index is 0.0154. The van der Waals surface area contributed by atoms with Crippen molar-refractivity contribution in [2.45, 2.75) is 50.6 Å². The summed E-state index contributed by atoms with van der Waals surface area (Å²) in [6, 6.07) is 13.8. The Bertz CT molecular complexity index is 1670. The molecule has 3 aromatic carbocycles. The third-order valence-corrected chi connectivity index (χ3v) is 8.55. The summed E-state index contributed by atoms with van der Waals surface area (Å²) < 4.78 is 36.9. The zero-order chi connectivity index (χ0) is 32.4. The van der Waals surface area contributed by atoms with Gasteiger partial charge in [0.1, 0.15) is 28.4 Å². The van der Waals surface area contributed by atoms with E-state index in [1.54, 1.807) is 12.1 Å². The average Bonchev–Trinajstić information content (AvgIpc) is 3.21. The quantitative estimate of drug-likeness (QED) is 0.269. The lowest BCUT2D eigenvalue weighted by molar-refractivity contribution is 0.0693. The number of ether oxygens (including phenoxy) is 1. The van der Waals surface area contributed by atoms with Crippen LogP contribution in [-0.4, -0.2) is 53.4 Å². The number of rotatable bonds is 7. The molecule has 0 radical (unpaired) electrons. The smallest absolute Gasteiger partial charge is 0.339 e. The number of benzene rings is 3. The first-order chi connectivity index (χ1) is 20.8. The molecule has 0 aliphatic carbocycles. The number of aliphatic hydroxyl groups excluding tert-OH is 1. The van der Waals surface area contributed by atoms with E-state index in [1.807, 2.05) is 25.7 Å². The summed E-state index contributed by atoms with van der Waals surface area (Å²) in [5, 5.41) is 31.3. The topological polar surface area (TPSA) is 93.8 Å². The number of halogens is 4. The number of hydrogen-bond acceptors (Lipinski definition) is 5. The molecule has 1 aliphatic heterocycles. The van der Waals surface area contributed by atoms with E-state index in [4.69, 9.17) is 27.9 Å². The first-order valence-corrected chi connectivity index (χ1v) is 14.6. The van der Waals surface area contributed by atoms with Gasteiger partial charge in [0.2, 0.25) is 0 Å². The van der Waals surface area contributed by atoms with Crippen molar-refractivity contribution in [3.8, 4) is 23.7 Å². The van der Waals surface area contributed by atoms with E-state index in [1.165, 1.54) is 43.5 Å². The van der Waals surface area contributed by atoms with Crippen molar-refractivity contribution in [3.05, 3.63) is 98.5 Å². The minimum atomic E-state index is -1.69. The van der Waals surface area contributed by atoms with Crippen LogP contribution < -0.4 is 4.74 Å². The standard InChI is InChI=1S/C34H32Cl2F2N2O4/c1-33(2,3)17-29-34(19-39,24-13-11-21(35)16-26(24)37)30(23-8-5-9-25(36)31(23)38)27(18-41)40(29)14-6-7-20-10-12-22(32(42)43)28(15-20)44-4/h5,8-13,15-16,27,29-30,41H,14,17-18H2,1-4H3,(H,42,43). The summed E-state index contributed by atoms with van der Waals surface area (Å²) in [6.45, 7) is 5.48. The Kier molecular flexibility index (Phi) is 9.93. The molecule has 10 heteroatoms. The van der Waals surface area contributed by atoms with Gasteiger partial charge in [0.25, 0.3) is 0 Å². The molecule has 0 bridgehead atoms. The largest absolute Gasteiger partial charge is 0.496 e. The molecule has 1 fully saturated rings. The van der Waals surface area contributed by atoms with E-state index in [-0.39, 0.29) is 44.4 Å². The highest BCUT2D eigenvalue weighted by Gasteiger charge is 2.62. The zero-order valence-corrected chi connectivity index (χ0v) is 26.2. The number of methoxy groups -OCH3 is 1. The Balaban J connectivity index is 1.95. The molecule has 2 N–H and O–H groups in total. The maximum absolute atomic E-state index is 15.9. The number of nitrogens with zero attached hydrogens (tertiary/aromatic N) is 2. The van der Waals surface area contributed by atoms with Crippen LogP contribution in [-0.2, 0) is 5.41 Å². The summed E-state index contributed by atoms with van der Waals surface area (Å²) in [6.07, 6.45) is 0.362. The van der Waals surface area contributed by atoms with Gasteiger partial charge in [-0.25, -0.2) is 13.6 Å². The number of carboxylic acids is 1. The molecule has 0 aromatic heterocycles. The number of carboxylic acid groups (broad SMARTS) is 1. The van der Waals surface area contributed by atoms with Crippen molar-refractivity contribution in [2.75, 3.05) is 20.3 Å². The Labute approximate surface area is 265 Å². The van der Waals surface area contributed by atoms with E-state index in [0.29, 0.717) is 12.0 Å². The summed E-state index contributed by atoms with van der Waals surface area (Å²) in [5.74, 6) is 2.56. The average molecular weight is 642 g/mol.